The lowest BCUT2D eigenvalue weighted by molar-refractivity contribution is -0.189. The van der Waals surface area contributed by atoms with Gasteiger partial charge in [0.05, 0.1) is 17.6 Å². The van der Waals surface area contributed by atoms with Crippen molar-refractivity contribution < 1.29 is 39.3 Å². The van der Waals surface area contributed by atoms with Crippen LogP contribution in [0.1, 0.15) is 35.2 Å². The molecular weight excluding hydrogens is 424 g/mol. The molecular formula is C20H18N4O8. The second-order valence-corrected chi connectivity index (χ2v) is 8.39. The number of aliphatic hydroxyl groups is 2. The first-order valence-corrected chi connectivity index (χ1v) is 9.74. The molecule has 0 radical (unpaired) electrons. The SMILES string of the molecule is C[C@H]1c2c(N=[N+]=[N-])ccc(O)c2C(=O)C2C(=O)[C@]3(O)C(=O)C(C(N)=O)C(=O)C[C@@H]3[C@@H](O)[C@@H]21. The summed E-state index contributed by atoms with van der Waals surface area (Å²) in [6.07, 6.45) is -2.36. The van der Waals surface area contributed by atoms with Crippen LogP contribution in [-0.2, 0) is 19.2 Å². The van der Waals surface area contributed by atoms with Crippen LogP contribution < -0.4 is 5.73 Å². The highest BCUT2D eigenvalue weighted by Crippen LogP contribution is 2.55. The Morgan fingerprint density at radius 2 is 1.91 bits per heavy atom. The van der Waals surface area contributed by atoms with Gasteiger partial charge >= 0.3 is 0 Å². The zero-order valence-corrected chi connectivity index (χ0v) is 16.6. The standard InChI is InChI=1S/C20H18N4O8/c1-5-10-7(23-24-22)2-3-8(25)12(10)16(28)14-11(5)15(27)6-4-9(26)13(19(21)31)17(29)20(6,32)18(14)30/h2-3,5-6,11,13-15,25,27,32H,4H2,1H3,(H2,21,31)/t5-,6+,11+,13?,14?,15+,20+/m0/s1. The number of nitrogens with zero attached hydrogens (tertiary/aromatic N) is 3. The number of hydrogen-bond acceptors (Lipinski definition) is 9. The number of benzene rings is 1. The first-order valence-electron chi connectivity index (χ1n) is 9.74. The van der Waals surface area contributed by atoms with Crippen molar-refractivity contribution in [3.8, 4) is 5.75 Å². The van der Waals surface area contributed by atoms with Crippen LogP contribution in [0.5, 0.6) is 5.75 Å². The smallest absolute Gasteiger partial charge is 0.235 e. The number of aromatic hydroxyl groups is 1. The number of phenolic OH excluding ortho intramolecular Hbond substituents is 1. The van der Waals surface area contributed by atoms with Gasteiger partial charge in [-0.3, -0.25) is 24.0 Å². The van der Waals surface area contributed by atoms with E-state index in [4.69, 9.17) is 11.3 Å². The Kier molecular flexibility index (Phi) is 4.70. The number of Topliss-reactive ketones (excluding diaryl/α,β-unsaturated/α-hetero) is 4. The maximum absolute atomic E-state index is 13.4. The van der Waals surface area contributed by atoms with E-state index >= 15 is 0 Å². The molecule has 12 nitrogen and oxygen atoms in total. The van der Waals surface area contributed by atoms with Crippen LogP contribution in [0.4, 0.5) is 5.69 Å². The minimum atomic E-state index is -2.97. The van der Waals surface area contributed by atoms with E-state index in [0.29, 0.717) is 0 Å². The van der Waals surface area contributed by atoms with Gasteiger partial charge in [-0.1, -0.05) is 12.0 Å². The number of rotatable bonds is 2. The van der Waals surface area contributed by atoms with Crippen LogP contribution in [-0.4, -0.2) is 56.1 Å². The largest absolute Gasteiger partial charge is 0.507 e. The molecule has 7 atom stereocenters. The molecule has 1 aromatic carbocycles. The highest BCUT2D eigenvalue weighted by molar-refractivity contribution is 6.31. The van der Waals surface area contributed by atoms with Gasteiger partial charge in [-0.05, 0) is 29.1 Å². The molecule has 0 aliphatic heterocycles. The second kappa shape index (κ2) is 6.95. The maximum Gasteiger partial charge on any atom is 0.235 e. The quantitative estimate of drug-likeness (QED) is 0.207. The van der Waals surface area contributed by atoms with Crippen molar-refractivity contribution in [2.75, 3.05) is 0 Å². The molecule has 2 fully saturated rings. The third-order valence-corrected chi connectivity index (χ3v) is 6.97. The summed E-state index contributed by atoms with van der Waals surface area (Å²) in [5.41, 5.74) is 10.8. The van der Waals surface area contributed by atoms with Crippen molar-refractivity contribution in [1.82, 2.24) is 0 Å². The molecule has 4 rings (SSSR count). The normalized spacial score (nSPS) is 36.0. The lowest BCUT2D eigenvalue weighted by Gasteiger charge is -2.53. The van der Waals surface area contributed by atoms with Gasteiger partial charge in [-0.25, -0.2) is 0 Å². The number of carbonyl (C=O) groups is 5. The number of carbonyl (C=O) groups excluding carboxylic acids is 5. The molecule has 0 bridgehead atoms. The molecule has 0 heterocycles. The average molecular weight is 442 g/mol. The van der Waals surface area contributed by atoms with E-state index in [0.717, 1.165) is 6.07 Å². The van der Waals surface area contributed by atoms with E-state index in [-0.39, 0.29) is 16.8 Å². The van der Waals surface area contributed by atoms with Gasteiger partial charge in [0.15, 0.2) is 34.7 Å². The van der Waals surface area contributed by atoms with Gasteiger partial charge in [0.1, 0.15) is 5.75 Å². The van der Waals surface area contributed by atoms with E-state index in [1.54, 1.807) is 0 Å². The molecule has 3 aliphatic carbocycles. The van der Waals surface area contributed by atoms with Crippen LogP contribution in [0, 0.1) is 23.7 Å². The summed E-state index contributed by atoms with van der Waals surface area (Å²) in [7, 11) is 0. The van der Waals surface area contributed by atoms with Crippen LogP contribution in [0.15, 0.2) is 17.2 Å². The van der Waals surface area contributed by atoms with Crippen molar-refractivity contribution in [3.63, 3.8) is 0 Å². The molecule has 2 saturated carbocycles. The number of amides is 1. The Hall–Kier alpha value is -3.60. The third kappa shape index (κ3) is 2.51. The van der Waals surface area contributed by atoms with E-state index in [1.165, 1.54) is 13.0 Å². The minimum Gasteiger partial charge on any atom is -0.507 e. The fraction of sp³-hybridized carbons (Fsp3) is 0.450. The third-order valence-electron chi connectivity index (χ3n) is 6.97. The van der Waals surface area contributed by atoms with Crippen molar-refractivity contribution >= 4 is 34.7 Å². The number of nitrogens with two attached hydrogens (primary N) is 1. The van der Waals surface area contributed by atoms with Crippen LogP contribution in [0.3, 0.4) is 0 Å². The number of hydrogen-bond donors (Lipinski definition) is 4. The fourth-order valence-corrected chi connectivity index (χ4v) is 5.55. The second-order valence-electron chi connectivity index (χ2n) is 8.39. The van der Waals surface area contributed by atoms with Crippen LogP contribution in [0.25, 0.3) is 10.4 Å². The van der Waals surface area contributed by atoms with Gasteiger partial charge in [-0.15, -0.1) is 0 Å². The summed E-state index contributed by atoms with van der Waals surface area (Å²) >= 11 is 0. The molecule has 0 saturated heterocycles. The number of aliphatic hydroxyl groups excluding tert-OH is 1. The van der Waals surface area contributed by atoms with Gasteiger partial charge in [0, 0.05) is 28.9 Å². The highest BCUT2D eigenvalue weighted by Gasteiger charge is 2.69. The molecule has 0 spiro atoms. The van der Waals surface area contributed by atoms with E-state index in [9.17, 15) is 39.3 Å². The van der Waals surface area contributed by atoms with Crippen molar-refractivity contribution in [2.24, 2.45) is 34.5 Å². The molecule has 166 valence electrons. The van der Waals surface area contributed by atoms with Crippen molar-refractivity contribution in [3.05, 3.63) is 33.7 Å². The van der Waals surface area contributed by atoms with Crippen molar-refractivity contribution in [2.45, 2.75) is 31.0 Å². The molecule has 32 heavy (non-hydrogen) atoms. The molecule has 2 unspecified atom stereocenters. The Bertz CT molecular complexity index is 1170. The van der Waals surface area contributed by atoms with Gasteiger partial charge in [0.25, 0.3) is 0 Å². The maximum atomic E-state index is 13.4. The first kappa shape index (κ1) is 21.6. The first-order chi connectivity index (χ1) is 15.0. The molecule has 3 aliphatic rings. The Balaban J connectivity index is 1.94. The summed E-state index contributed by atoms with van der Waals surface area (Å²) in [4.78, 5) is 66.3. The summed E-state index contributed by atoms with van der Waals surface area (Å²) in [5, 5.41) is 36.1. The summed E-state index contributed by atoms with van der Waals surface area (Å²) in [5.74, 6) is -13.9. The van der Waals surface area contributed by atoms with Gasteiger partial charge in [0.2, 0.25) is 5.91 Å². The van der Waals surface area contributed by atoms with Gasteiger partial charge in [-0.2, -0.15) is 0 Å². The van der Waals surface area contributed by atoms with Gasteiger partial charge < -0.3 is 21.1 Å². The molecule has 1 amide bonds. The van der Waals surface area contributed by atoms with Crippen LogP contribution in [0.2, 0.25) is 0 Å². The molecule has 5 N–H and O–H groups in total. The zero-order chi connectivity index (χ0) is 23.7. The van der Waals surface area contributed by atoms with E-state index < -0.39 is 82.5 Å². The predicted octanol–water partition coefficient (Wildman–Crippen LogP) is -0.200. The molecule has 0 aromatic heterocycles. The monoisotopic (exact) mass is 442 g/mol. The van der Waals surface area contributed by atoms with E-state index in [2.05, 4.69) is 10.0 Å². The summed E-state index contributed by atoms with van der Waals surface area (Å²) in [6.45, 7) is 1.53. The Labute approximate surface area is 179 Å². The number of primary amides is 1. The Morgan fingerprint density at radius 3 is 2.50 bits per heavy atom. The molecule has 1 aromatic rings. The highest BCUT2D eigenvalue weighted by atomic mass is 16.3. The number of phenols is 1. The van der Waals surface area contributed by atoms with Crippen LogP contribution >= 0.6 is 0 Å². The predicted molar refractivity (Wildman–Crippen MR) is 103 cm³/mol. The summed E-state index contributed by atoms with van der Waals surface area (Å²) < 4.78 is 0. The Morgan fingerprint density at radius 1 is 1.25 bits per heavy atom. The number of azide groups is 1. The lowest BCUT2D eigenvalue weighted by atomic mass is 9.50. The van der Waals surface area contributed by atoms with E-state index in [1.807, 2.05) is 0 Å². The number of fused-ring (bicyclic) bond motifs is 3. The average Bonchev–Trinajstić information content (AvgIpc) is 2.72. The lowest BCUT2D eigenvalue weighted by Crippen LogP contribution is -2.72. The molecule has 12 heteroatoms. The topological polar surface area (TPSA) is 221 Å². The number of ketones is 4. The van der Waals surface area contributed by atoms with Crippen molar-refractivity contribution in [1.29, 1.82) is 0 Å². The fourth-order valence-electron chi connectivity index (χ4n) is 5.55. The zero-order valence-electron chi connectivity index (χ0n) is 16.6. The summed E-state index contributed by atoms with van der Waals surface area (Å²) in [6, 6.07) is 2.37. The minimum absolute atomic E-state index is 0.00433.